The summed E-state index contributed by atoms with van der Waals surface area (Å²) in [6.07, 6.45) is 0.779. The lowest BCUT2D eigenvalue weighted by atomic mass is 10.1. The Hall–Kier alpha value is -2.41. The molecular formula is C21H22BrFN2O3. The summed E-state index contributed by atoms with van der Waals surface area (Å²) in [5.74, 6) is -0.725. The molecule has 0 saturated carbocycles. The number of hydrogen-bond donors (Lipinski definition) is 1. The van der Waals surface area contributed by atoms with Crippen molar-refractivity contribution in [1.29, 1.82) is 0 Å². The van der Waals surface area contributed by atoms with E-state index in [4.69, 9.17) is 4.74 Å². The number of anilines is 1. The zero-order valence-corrected chi connectivity index (χ0v) is 17.3. The van der Waals surface area contributed by atoms with Crippen LogP contribution in [-0.2, 0) is 4.79 Å². The Morgan fingerprint density at radius 1 is 1.25 bits per heavy atom. The molecule has 0 aromatic heterocycles. The molecule has 1 aliphatic rings. The smallest absolute Gasteiger partial charge is 0.263 e. The Morgan fingerprint density at radius 2 is 1.96 bits per heavy atom. The molecule has 0 bridgehead atoms. The Labute approximate surface area is 172 Å². The van der Waals surface area contributed by atoms with Crippen LogP contribution in [0.4, 0.5) is 10.1 Å². The van der Waals surface area contributed by atoms with Crippen molar-refractivity contribution in [1.82, 2.24) is 5.32 Å². The van der Waals surface area contributed by atoms with E-state index < -0.39 is 17.8 Å². The summed E-state index contributed by atoms with van der Waals surface area (Å²) in [7, 11) is 0. The molecule has 0 radical (unpaired) electrons. The summed E-state index contributed by atoms with van der Waals surface area (Å²) < 4.78 is 20.1. The van der Waals surface area contributed by atoms with Gasteiger partial charge in [0.1, 0.15) is 11.6 Å². The molecule has 28 heavy (non-hydrogen) atoms. The standard InChI is InChI=1S/C21H22BrFN2O3/c1-3-14(4-2)24-20(26)19-12-25(17-7-5-6-8-18(17)28-19)21(27)15-11-13(23)9-10-16(15)22/h5-11,14,19H,3-4,12H2,1-2H3,(H,24,26). The minimum absolute atomic E-state index is 0.0464. The molecule has 2 aromatic carbocycles. The summed E-state index contributed by atoms with van der Waals surface area (Å²) in [5, 5.41) is 2.97. The van der Waals surface area contributed by atoms with Crippen molar-refractivity contribution in [2.24, 2.45) is 0 Å². The predicted octanol–water partition coefficient (Wildman–Crippen LogP) is 4.30. The van der Waals surface area contributed by atoms with Crippen LogP contribution >= 0.6 is 15.9 Å². The van der Waals surface area contributed by atoms with E-state index in [1.165, 1.54) is 23.1 Å². The fourth-order valence-corrected chi connectivity index (χ4v) is 3.57. The number of nitrogens with zero attached hydrogens (tertiary/aromatic N) is 1. The van der Waals surface area contributed by atoms with Gasteiger partial charge < -0.3 is 15.0 Å². The number of fused-ring (bicyclic) bond motifs is 1. The van der Waals surface area contributed by atoms with Crippen LogP contribution in [0, 0.1) is 5.82 Å². The summed E-state index contributed by atoms with van der Waals surface area (Å²) in [5.41, 5.74) is 0.742. The Morgan fingerprint density at radius 3 is 2.68 bits per heavy atom. The van der Waals surface area contributed by atoms with E-state index in [1.807, 2.05) is 13.8 Å². The van der Waals surface area contributed by atoms with Gasteiger partial charge in [-0.2, -0.15) is 0 Å². The van der Waals surface area contributed by atoms with E-state index in [0.29, 0.717) is 15.9 Å². The van der Waals surface area contributed by atoms with Gasteiger partial charge >= 0.3 is 0 Å². The maximum atomic E-state index is 13.7. The number of halogens is 2. The van der Waals surface area contributed by atoms with Crippen LogP contribution in [0.2, 0.25) is 0 Å². The third kappa shape index (κ3) is 4.19. The highest BCUT2D eigenvalue weighted by molar-refractivity contribution is 9.10. The lowest BCUT2D eigenvalue weighted by molar-refractivity contribution is -0.128. The van der Waals surface area contributed by atoms with E-state index in [0.717, 1.165) is 12.8 Å². The third-order valence-corrected chi connectivity index (χ3v) is 5.49. The molecule has 1 heterocycles. The fourth-order valence-electron chi connectivity index (χ4n) is 3.16. The zero-order chi connectivity index (χ0) is 20.3. The second kappa shape index (κ2) is 8.73. The molecule has 2 amide bonds. The molecule has 1 unspecified atom stereocenters. The van der Waals surface area contributed by atoms with Gasteiger partial charge in [-0.15, -0.1) is 0 Å². The van der Waals surface area contributed by atoms with Crippen LogP contribution in [0.15, 0.2) is 46.9 Å². The van der Waals surface area contributed by atoms with Crippen molar-refractivity contribution in [3.8, 4) is 5.75 Å². The monoisotopic (exact) mass is 448 g/mol. The molecule has 3 rings (SSSR count). The van der Waals surface area contributed by atoms with E-state index in [1.54, 1.807) is 24.3 Å². The molecule has 5 nitrogen and oxygen atoms in total. The van der Waals surface area contributed by atoms with Crippen molar-refractivity contribution in [3.63, 3.8) is 0 Å². The van der Waals surface area contributed by atoms with Crippen molar-refractivity contribution in [3.05, 3.63) is 58.3 Å². The van der Waals surface area contributed by atoms with Crippen LogP contribution in [0.3, 0.4) is 0 Å². The van der Waals surface area contributed by atoms with E-state index >= 15 is 0 Å². The molecule has 0 aliphatic carbocycles. The second-order valence-electron chi connectivity index (χ2n) is 6.64. The van der Waals surface area contributed by atoms with Crippen molar-refractivity contribution in [2.75, 3.05) is 11.4 Å². The molecule has 148 valence electrons. The first kappa shape index (κ1) is 20.3. The summed E-state index contributed by atoms with van der Waals surface area (Å²) >= 11 is 3.31. The Bertz CT molecular complexity index is 886. The van der Waals surface area contributed by atoms with Gasteiger partial charge in [0.2, 0.25) is 0 Å². The van der Waals surface area contributed by atoms with Gasteiger partial charge in [-0.1, -0.05) is 26.0 Å². The highest BCUT2D eigenvalue weighted by atomic mass is 79.9. The molecule has 1 N–H and O–H groups in total. The van der Waals surface area contributed by atoms with E-state index in [9.17, 15) is 14.0 Å². The van der Waals surface area contributed by atoms with Gasteiger partial charge in [0.05, 0.1) is 17.8 Å². The van der Waals surface area contributed by atoms with Crippen LogP contribution in [-0.4, -0.2) is 30.5 Å². The quantitative estimate of drug-likeness (QED) is 0.741. The maximum absolute atomic E-state index is 13.7. The highest BCUT2D eigenvalue weighted by Crippen LogP contribution is 2.35. The topological polar surface area (TPSA) is 58.6 Å². The first-order chi connectivity index (χ1) is 13.4. The lowest BCUT2D eigenvalue weighted by Gasteiger charge is -2.35. The number of para-hydroxylation sites is 2. The van der Waals surface area contributed by atoms with Crippen molar-refractivity contribution < 1.29 is 18.7 Å². The van der Waals surface area contributed by atoms with E-state index in [2.05, 4.69) is 21.2 Å². The van der Waals surface area contributed by atoms with Gasteiger partial charge in [-0.3, -0.25) is 9.59 Å². The first-order valence-corrected chi connectivity index (χ1v) is 10.1. The predicted molar refractivity (Wildman–Crippen MR) is 109 cm³/mol. The molecule has 0 spiro atoms. The van der Waals surface area contributed by atoms with Gasteiger partial charge in [0.15, 0.2) is 6.10 Å². The van der Waals surface area contributed by atoms with E-state index in [-0.39, 0.29) is 24.1 Å². The number of benzene rings is 2. The minimum atomic E-state index is -0.841. The second-order valence-corrected chi connectivity index (χ2v) is 7.49. The number of carbonyl (C=O) groups is 2. The summed E-state index contributed by atoms with van der Waals surface area (Å²) in [6.45, 7) is 4.05. The van der Waals surface area contributed by atoms with Crippen LogP contribution in [0.5, 0.6) is 5.75 Å². The number of hydrogen-bond acceptors (Lipinski definition) is 3. The largest absolute Gasteiger partial charge is 0.477 e. The third-order valence-electron chi connectivity index (χ3n) is 4.80. The van der Waals surface area contributed by atoms with Crippen LogP contribution in [0.25, 0.3) is 0 Å². The van der Waals surface area contributed by atoms with Gasteiger partial charge in [0.25, 0.3) is 11.8 Å². The van der Waals surface area contributed by atoms with Crippen molar-refractivity contribution >= 4 is 33.4 Å². The number of nitrogens with one attached hydrogen (secondary N) is 1. The average Bonchev–Trinajstić information content (AvgIpc) is 2.72. The highest BCUT2D eigenvalue weighted by Gasteiger charge is 2.35. The average molecular weight is 449 g/mol. The normalized spacial score (nSPS) is 15.8. The SMILES string of the molecule is CCC(CC)NC(=O)C1CN(C(=O)c2cc(F)ccc2Br)c2ccccc2O1. The summed E-state index contributed by atoms with van der Waals surface area (Å²) in [6, 6.07) is 11.0. The van der Waals surface area contributed by atoms with Crippen molar-refractivity contribution in [2.45, 2.75) is 38.8 Å². The van der Waals surface area contributed by atoms with Gasteiger partial charge in [-0.05, 0) is 59.1 Å². The molecule has 1 aliphatic heterocycles. The molecule has 0 saturated heterocycles. The maximum Gasteiger partial charge on any atom is 0.263 e. The molecule has 0 fully saturated rings. The number of carbonyl (C=O) groups excluding carboxylic acids is 2. The van der Waals surface area contributed by atoms with Gasteiger partial charge in [0, 0.05) is 10.5 Å². The number of rotatable bonds is 5. The van der Waals surface area contributed by atoms with Crippen LogP contribution < -0.4 is 15.0 Å². The Kier molecular flexibility index (Phi) is 6.34. The fraction of sp³-hybridized carbons (Fsp3) is 0.333. The minimum Gasteiger partial charge on any atom is -0.477 e. The zero-order valence-electron chi connectivity index (χ0n) is 15.7. The summed E-state index contributed by atoms with van der Waals surface area (Å²) in [4.78, 5) is 27.4. The lowest BCUT2D eigenvalue weighted by Crippen LogP contribution is -2.52. The number of ether oxygens (including phenoxy) is 1. The molecule has 7 heteroatoms. The number of amides is 2. The van der Waals surface area contributed by atoms with Crippen LogP contribution in [0.1, 0.15) is 37.0 Å². The van der Waals surface area contributed by atoms with Gasteiger partial charge in [-0.25, -0.2) is 4.39 Å². The molecular weight excluding hydrogens is 427 g/mol. The molecule has 1 atom stereocenters. The Balaban J connectivity index is 1.92. The first-order valence-electron chi connectivity index (χ1n) is 9.27. The molecule has 2 aromatic rings.